The molecule has 1 fully saturated rings. The van der Waals surface area contributed by atoms with Crippen LogP contribution in [0.2, 0.25) is 0 Å². The molecular formula is C12H17NS. The monoisotopic (exact) mass is 207 g/mol. The fourth-order valence-electron chi connectivity index (χ4n) is 2.14. The summed E-state index contributed by atoms with van der Waals surface area (Å²) in [6.07, 6.45) is 4.83. The number of rotatable bonds is 3. The first-order valence-electron chi connectivity index (χ1n) is 5.08. The summed E-state index contributed by atoms with van der Waals surface area (Å²) in [6.45, 7) is 2.32. The van der Waals surface area contributed by atoms with Crippen molar-refractivity contribution in [2.24, 2.45) is 0 Å². The summed E-state index contributed by atoms with van der Waals surface area (Å²) in [5.41, 5.74) is 8.56. The quantitative estimate of drug-likeness (QED) is 0.771. The van der Waals surface area contributed by atoms with Gasteiger partial charge in [0.2, 0.25) is 0 Å². The molecule has 2 rings (SSSR count). The van der Waals surface area contributed by atoms with E-state index in [-0.39, 0.29) is 0 Å². The van der Waals surface area contributed by atoms with Crippen LogP contribution in [0.15, 0.2) is 24.3 Å². The first kappa shape index (κ1) is 9.91. The Balaban J connectivity index is 2.30. The van der Waals surface area contributed by atoms with E-state index >= 15 is 0 Å². The topological polar surface area (TPSA) is 26.0 Å². The predicted molar refractivity (Wildman–Crippen MR) is 64.7 cm³/mol. The normalized spacial score (nSPS) is 20.4. The third-order valence-corrected chi connectivity index (χ3v) is 4.54. The Hall–Kier alpha value is -0.630. The molecule has 14 heavy (non-hydrogen) atoms. The molecule has 1 unspecified atom stereocenters. The van der Waals surface area contributed by atoms with Crippen LogP contribution in [-0.4, -0.2) is 11.5 Å². The van der Waals surface area contributed by atoms with Crippen molar-refractivity contribution in [3.8, 4) is 0 Å². The standard InChI is InChI=1S/C12H17NS/c1-9(14-2)12(6-7-12)10-4-3-5-11(13)8-10/h3-5,8-9H,6-7,13H2,1-2H3. The maximum atomic E-state index is 5.82. The molecule has 2 heteroatoms. The van der Waals surface area contributed by atoms with Gasteiger partial charge in [-0.25, -0.2) is 0 Å². The number of benzene rings is 1. The summed E-state index contributed by atoms with van der Waals surface area (Å²) in [7, 11) is 0. The van der Waals surface area contributed by atoms with Crippen LogP contribution in [-0.2, 0) is 5.41 Å². The Labute approximate surface area is 90.1 Å². The van der Waals surface area contributed by atoms with Crippen LogP contribution in [0.3, 0.4) is 0 Å². The molecule has 0 spiro atoms. The summed E-state index contributed by atoms with van der Waals surface area (Å²) in [4.78, 5) is 0. The highest BCUT2D eigenvalue weighted by atomic mass is 32.2. The molecule has 1 saturated carbocycles. The molecule has 0 aromatic heterocycles. The Morgan fingerprint density at radius 1 is 1.43 bits per heavy atom. The Kier molecular flexibility index (Phi) is 2.48. The smallest absolute Gasteiger partial charge is 0.0316 e. The Morgan fingerprint density at radius 2 is 2.14 bits per heavy atom. The first-order chi connectivity index (χ1) is 6.69. The second-order valence-electron chi connectivity index (χ2n) is 4.16. The summed E-state index contributed by atoms with van der Waals surface area (Å²) >= 11 is 1.95. The van der Waals surface area contributed by atoms with E-state index in [1.807, 2.05) is 17.8 Å². The minimum Gasteiger partial charge on any atom is -0.399 e. The highest BCUT2D eigenvalue weighted by Gasteiger charge is 2.48. The van der Waals surface area contributed by atoms with E-state index in [9.17, 15) is 0 Å². The first-order valence-corrected chi connectivity index (χ1v) is 6.37. The van der Waals surface area contributed by atoms with Crippen LogP contribution < -0.4 is 5.73 Å². The molecule has 0 radical (unpaired) electrons. The van der Waals surface area contributed by atoms with Crippen molar-refractivity contribution < 1.29 is 0 Å². The minimum atomic E-state index is 0.425. The van der Waals surface area contributed by atoms with Crippen molar-refractivity contribution in [2.75, 3.05) is 12.0 Å². The number of anilines is 1. The van der Waals surface area contributed by atoms with Crippen molar-refractivity contribution >= 4 is 17.4 Å². The Morgan fingerprint density at radius 3 is 2.64 bits per heavy atom. The fourth-order valence-corrected chi connectivity index (χ4v) is 2.96. The third kappa shape index (κ3) is 1.52. The maximum absolute atomic E-state index is 5.82. The van der Waals surface area contributed by atoms with Crippen LogP contribution in [0.1, 0.15) is 25.3 Å². The van der Waals surface area contributed by atoms with Crippen molar-refractivity contribution in [3.63, 3.8) is 0 Å². The summed E-state index contributed by atoms with van der Waals surface area (Å²) < 4.78 is 0. The zero-order valence-electron chi connectivity index (χ0n) is 8.79. The molecule has 1 aromatic carbocycles. The second-order valence-corrected chi connectivity index (χ2v) is 5.34. The summed E-state index contributed by atoms with van der Waals surface area (Å²) in [6, 6.07) is 8.39. The van der Waals surface area contributed by atoms with Gasteiger partial charge < -0.3 is 5.73 Å². The molecule has 1 nitrogen and oxygen atoms in total. The number of hydrogen-bond donors (Lipinski definition) is 1. The molecule has 1 aromatic rings. The van der Waals surface area contributed by atoms with Crippen LogP contribution in [0.4, 0.5) is 5.69 Å². The van der Waals surface area contributed by atoms with Gasteiger partial charge in [0.05, 0.1) is 0 Å². The highest BCUT2D eigenvalue weighted by molar-refractivity contribution is 7.99. The summed E-state index contributed by atoms with van der Waals surface area (Å²) in [5, 5.41) is 0.698. The second kappa shape index (κ2) is 3.50. The van der Waals surface area contributed by atoms with E-state index in [1.165, 1.54) is 18.4 Å². The fraction of sp³-hybridized carbons (Fsp3) is 0.500. The largest absolute Gasteiger partial charge is 0.399 e. The molecule has 0 bridgehead atoms. The lowest BCUT2D eigenvalue weighted by Gasteiger charge is -2.22. The van der Waals surface area contributed by atoms with Gasteiger partial charge in [0, 0.05) is 16.4 Å². The van der Waals surface area contributed by atoms with Crippen LogP contribution in [0.25, 0.3) is 0 Å². The average Bonchev–Trinajstić information content (AvgIpc) is 2.97. The lowest BCUT2D eigenvalue weighted by Crippen LogP contribution is -2.19. The SMILES string of the molecule is CSC(C)C1(c2cccc(N)c2)CC1. The number of hydrogen-bond acceptors (Lipinski definition) is 2. The molecule has 0 saturated heterocycles. The van der Waals surface area contributed by atoms with Gasteiger partial charge in [-0.05, 0) is 36.8 Å². The molecule has 1 atom stereocenters. The lowest BCUT2D eigenvalue weighted by atomic mass is 9.92. The van der Waals surface area contributed by atoms with Gasteiger partial charge >= 0.3 is 0 Å². The van der Waals surface area contributed by atoms with Gasteiger partial charge in [0.25, 0.3) is 0 Å². The maximum Gasteiger partial charge on any atom is 0.0316 e. The molecule has 2 N–H and O–H groups in total. The Bertz CT molecular complexity index is 331. The third-order valence-electron chi connectivity index (χ3n) is 3.38. The molecule has 0 aliphatic heterocycles. The van der Waals surface area contributed by atoms with Crippen molar-refractivity contribution in [2.45, 2.75) is 30.4 Å². The van der Waals surface area contributed by atoms with E-state index in [1.54, 1.807) is 0 Å². The zero-order chi connectivity index (χ0) is 10.2. The predicted octanol–water partition coefficient (Wildman–Crippen LogP) is 3.05. The summed E-state index contributed by atoms with van der Waals surface area (Å²) in [5.74, 6) is 0. The van der Waals surface area contributed by atoms with Gasteiger partial charge in [0.15, 0.2) is 0 Å². The molecule has 0 heterocycles. The van der Waals surface area contributed by atoms with Crippen molar-refractivity contribution in [1.82, 2.24) is 0 Å². The molecule has 0 amide bonds. The van der Waals surface area contributed by atoms with E-state index in [4.69, 9.17) is 5.73 Å². The van der Waals surface area contributed by atoms with E-state index in [2.05, 4.69) is 31.4 Å². The number of nitrogens with two attached hydrogens (primary N) is 1. The zero-order valence-corrected chi connectivity index (χ0v) is 9.60. The molecule has 1 aliphatic rings. The van der Waals surface area contributed by atoms with Crippen molar-refractivity contribution in [1.29, 1.82) is 0 Å². The van der Waals surface area contributed by atoms with Gasteiger partial charge in [-0.1, -0.05) is 19.1 Å². The lowest BCUT2D eigenvalue weighted by molar-refractivity contribution is 0.683. The van der Waals surface area contributed by atoms with Gasteiger partial charge in [-0.2, -0.15) is 11.8 Å². The van der Waals surface area contributed by atoms with Gasteiger partial charge in [-0.3, -0.25) is 0 Å². The van der Waals surface area contributed by atoms with Crippen LogP contribution >= 0.6 is 11.8 Å². The average molecular weight is 207 g/mol. The van der Waals surface area contributed by atoms with E-state index in [0.717, 1.165) is 5.69 Å². The molecule has 1 aliphatic carbocycles. The molecular weight excluding hydrogens is 190 g/mol. The minimum absolute atomic E-state index is 0.425. The number of thioether (sulfide) groups is 1. The number of nitrogen functional groups attached to an aromatic ring is 1. The van der Waals surface area contributed by atoms with Gasteiger partial charge in [-0.15, -0.1) is 0 Å². The van der Waals surface area contributed by atoms with Crippen molar-refractivity contribution in [3.05, 3.63) is 29.8 Å². The van der Waals surface area contributed by atoms with Crippen LogP contribution in [0, 0.1) is 0 Å². The van der Waals surface area contributed by atoms with E-state index < -0.39 is 0 Å². The van der Waals surface area contributed by atoms with E-state index in [0.29, 0.717) is 10.7 Å². The highest BCUT2D eigenvalue weighted by Crippen LogP contribution is 2.54. The van der Waals surface area contributed by atoms with Crippen LogP contribution in [0.5, 0.6) is 0 Å². The van der Waals surface area contributed by atoms with Gasteiger partial charge in [0.1, 0.15) is 0 Å². The molecule has 76 valence electrons.